The van der Waals surface area contributed by atoms with Gasteiger partial charge in [-0.3, -0.25) is 4.79 Å². The van der Waals surface area contributed by atoms with Crippen molar-refractivity contribution in [1.82, 2.24) is 4.31 Å². The molecule has 2 aromatic carbocycles. The van der Waals surface area contributed by atoms with Gasteiger partial charge >= 0.3 is 0 Å². The van der Waals surface area contributed by atoms with E-state index in [1.807, 2.05) is 0 Å². The van der Waals surface area contributed by atoms with Gasteiger partial charge in [-0.05, 0) is 48.7 Å². The Morgan fingerprint density at radius 3 is 2.18 bits per heavy atom. The summed E-state index contributed by atoms with van der Waals surface area (Å²) >= 11 is 0. The van der Waals surface area contributed by atoms with Gasteiger partial charge < -0.3 is 19.5 Å². The summed E-state index contributed by atoms with van der Waals surface area (Å²) in [6, 6.07) is 9.30. The molecule has 0 aliphatic heterocycles. The highest BCUT2D eigenvalue weighted by Crippen LogP contribution is 2.31. The van der Waals surface area contributed by atoms with Crippen LogP contribution >= 0.6 is 0 Å². The number of benzene rings is 2. The third-order valence-corrected chi connectivity index (χ3v) is 7.19. The van der Waals surface area contributed by atoms with Crippen molar-refractivity contribution < 1.29 is 27.4 Å². The van der Waals surface area contributed by atoms with Crippen LogP contribution in [-0.2, 0) is 10.0 Å². The lowest BCUT2D eigenvalue weighted by molar-refractivity contribution is 0.102. The van der Waals surface area contributed by atoms with E-state index in [0.29, 0.717) is 48.4 Å². The highest BCUT2D eigenvalue weighted by atomic mass is 32.2. The fraction of sp³-hybridized carbons (Fsp3) is 0.458. The third kappa shape index (κ3) is 6.61. The van der Waals surface area contributed by atoms with Gasteiger partial charge in [-0.2, -0.15) is 4.31 Å². The lowest BCUT2D eigenvalue weighted by atomic mass is 10.1. The summed E-state index contributed by atoms with van der Waals surface area (Å²) in [4.78, 5) is 13.0. The molecule has 0 bridgehead atoms. The van der Waals surface area contributed by atoms with Gasteiger partial charge in [-0.15, -0.1) is 0 Å². The largest absolute Gasteiger partial charge is 0.495 e. The van der Waals surface area contributed by atoms with Gasteiger partial charge in [0.05, 0.1) is 31.4 Å². The SMILES string of the molecule is CCN(CC)S(=O)(=O)c1ccc(OC)c(NC(=O)c2ccc(OCCC(C)C)c(OC)c2)c1. The first-order valence-corrected chi connectivity index (χ1v) is 12.4. The maximum atomic E-state index is 12.9. The number of carbonyl (C=O) groups is 1. The van der Waals surface area contributed by atoms with Gasteiger partial charge in [0.25, 0.3) is 5.91 Å². The van der Waals surface area contributed by atoms with Crippen LogP contribution in [0.5, 0.6) is 17.2 Å². The molecule has 0 saturated heterocycles. The van der Waals surface area contributed by atoms with Crippen LogP contribution in [0.2, 0.25) is 0 Å². The first kappa shape index (κ1) is 26.5. The van der Waals surface area contributed by atoms with Gasteiger partial charge in [0.2, 0.25) is 10.0 Å². The smallest absolute Gasteiger partial charge is 0.255 e. The van der Waals surface area contributed by atoms with E-state index < -0.39 is 15.9 Å². The Morgan fingerprint density at radius 1 is 0.970 bits per heavy atom. The molecule has 0 spiro atoms. The Morgan fingerprint density at radius 2 is 1.61 bits per heavy atom. The zero-order valence-electron chi connectivity index (χ0n) is 20.2. The highest BCUT2D eigenvalue weighted by Gasteiger charge is 2.23. The Hall–Kier alpha value is -2.78. The quantitative estimate of drug-likeness (QED) is 0.486. The first-order valence-electron chi connectivity index (χ1n) is 11.0. The van der Waals surface area contributed by atoms with Crippen LogP contribution in [0, 0.1) is 5.92 Å². The molecule has 0 heterocycles. The van der Waals surface area contributed by atoms with E-state index in [4.69, 9.17) is 14.2 Å². The van der Waals surface area contributed by atoms with E-state index in [2.05, 4.69) is 19.2 Å². The number of anilines is 1. The molecule has 33 heavy (non-hydrogen) atoms. The van der Waals surface area contributed by atoms with Gasteiger partial charge in [-0.1, -0.05) is 27.7 Å². The monoisotopic (exact) mass is 478 g/mol. The van der Waals surface area contributed by atoms with E-state index in [1.165, 1.54) is 36.7 Å². The van der Waals surface area contributed by atoms with E-state index >= 15 is 0 Å². The molecule has 0 radical (unpaired) electrons. The zero-order valence-corrected chi connectivity index (χ0v) is 21.0. The molecule has 0 aromatic heterocycles. The number of hydrogen-bond donors (Lipinski definition) is 1. The van der Waals surface area contributed by atoms with Crippen molar-refractivity contribution in [2.24, 2.45) is 5.92 Å². The van der Waals surface area contributed by atoms with Crippen molar-refractivity contribution >= 4 is 21.6 Å². The van der Waals surface area contributed by atoms with Crippen LogP contribution in [0.4, 0.5) is 5.69 Å². The number of nitrogens with zero attached hydrogens (tertiary/aromatic N) is 1. The van der Waals surface area contributed by atoms with Crippen LogP contribution in [0.1, 0.15) is 44.5 Å². The maximum absolute atomic E-state index is 12.9. The second-order valence-electron chi connectivity index (χ2n) is 7.80. The molecule has 182 valence electrons. The third-order valence-electron chi connectivity index (χ3n) is 5.14. The molecule has 1 N–H and O–H groups in total. The lowest BCUT2D eigenvalue weighted by Gasteiger charge is -2.19. The maximum Gasteiger partial charge on any atom is 0.255 e. The standard InChI is InChI=1S/C24H34N2O6S/c1-7-26(8-2)33(28,29)19-10-12-21(30-5)20(16-19)25-24(27)18-9-11-22(23(15-18)31-6)32-14-13-17(3)4/h9-12,15-17H,7-8,13-14H2,1-6H3,(H,25,27). The van der Waals surface area contributed by atoms with E-state index in [-0.39, 0.29) is 10.6 Å². The molecular formula is C24H34N2O6S. The summed E-state index contributed by atoms with van der Waals surface area (Å²) in [5.41, 5.74) is 0.592. The number of rotatable bonds is 12. The second-order valence-corrected chi connectivity index (χ2v) is 9.74. The molecule has 0 aliphatic carbocycles. The second kappa shape index (κ2) is 11.9. The molecule has 8 nitrogen and oxygen atoms in total. The van der Waals surface area contributed by atoms with Gasteiger partial charge in [-0.25, -0.2) is 8.42 Å². The first-order chi connectivity index (χ1) is 15.7. The molecule has 0 fully saturated rings. The molecule has 9 heteroatoms. The minimum atomic E-state index is -3.69. The molecule has 0 saturated carbocycles. The van der Waals surface area contributed by atoms with Crippen LogP contribution < -0.4 is 19.5 Å². The van der Waals surface area contributed by atoms with Crippen molar-refractivity contribution in [3.63, 3.8) is 0 Å². The van der Waals surface area contributed by atoms with Crippen LogP contribution in [0.15, 0.2) is 41.3 Å². The summed E-state index contributed by atoms with van der Waals surface area (Å²) in [6.07, 6.45) is 0.901. The highest BCUT2D eigenvalue weighted by molar-refractivity contribution is 7.89. The zero-order chi connectivity index (χ0) is 24.6. The minimum absolute atomic E-state index is 0.0776. The van der Waals surface area contributed by atoms with Gasteiger partial charge in [0.15, 0.2) is 11.5 Å². The van der Waals surface area contributed by atoms with E-state index in [9.17, 15) is 13.2 Å². The van der Waals surface area contributed by atoms with Crippen molar-refractivity contribution in [2.45, 2.75) is 39.0 Å². The summed E-state index contributed by atoms with van der Waals surface area (Å²) < 4.78 is 43.6. The molecule has 0 atom stereocenters. The number of nitrogens with one attached hydrogen (secondary N) is 1. The number of carbonyl (C=O) groups excluding carboxylic acids is 1. The molecule has 2 aromatic rings. The summed E-state index contributed by atoms with van der Waals surface area (Å²) in [5.74, 6) is 1.42. The van der Waals surface area contributed by atoms with Crippen molar-refractivity contribution in [1.29, 1.82) is 0 Å². The van der Waals surface area contributed by atoms with Crippen molar-refractivity contribution in [2.75, 3.05) is 39.2 Å². The van der Waals surface area contributed by atoms with Crippen LogP contribution in [-0.4, -0.2) is 52.5 Å². The van der Waals surface area contributed by atoms with Gasteiger partial charge in [0, 0.05) is 18.7 Å². The molecule has 0 unspecified atom stereocenters. The Kier molecular flexibility index (Phi) is 9.55. The molecular weight excluding hydrogens is 444 g/mol. The summed E-state index contributed by atoms with van der Waals surface area (Å²) in [7, 11) is -0.726. The topological polar surface area (TPSA) is 94.2 Å². The summed E-state index contributed by atoms with van der Waals surface area (Å²) in [6.45, 7) is 9.02. The van der Waals surface area contributed by atoms with E-state index in [1.54, 1.807) is 32.0 Å². The number of amides is 1. The fourth-order valence-electron chi connectivity index (χ4n) is 3.18. The van der Waals surface area contributed by atoms with Crippen molar-refractivity contribution in [3.8, 4) is 17.2 Å². The molecule has 0 aliphatic rings. The van der Waals surface area contributed by atoms with Gasteiger partial charge in [0.1, 0.15) is 5.75 Å². The minimum Gasteiger partial charge on any atom is -0.495 e. The Balaban J connectivity index is 2.30. The van der Waals surface area contributed by atoms with E-state index in [0.717, 1.165) is 6.42 Å². The number of methoxy groups -OCH3 is 2. The Labute approximate surface area is 196 Å². The Bertz CT molecular complexity index is 1050. The van der Waals surface area contributed by atoms with Crippen molar-refractivity contribution in [3.05, 3.63) is 42.0 Å². The van der Waals surface area contributed by atoms with Crippen LogP contribution in [0.25, 0.3) is 0 Å². The average molecular weight is 479 g/mol. The number of hydrogen-bond acceptors (Lipinski definition) is 6. The lowest BCUT2D eigenvalue weighted by Crippen LogP contribution is -2.30. The molecule has 2 rings (SSSR count). The molecule has 1 amide bonds. The predicted molar refractivity (Wildman–Crippen MR) is 129 cm³/mol. The summed E-state index contributed by atoms with van der Waals surface area (Å²) in [5, 5.41) is 2.75. The number of ether oxygens (including phenoxy) is 3. The number of sulfonamides is 1. The normalized spacial score (nSPS) is 11.5. The fourth-order valence-corrected chi connectivity index (χ4v) is 4.67. The average Bonchev–Trinajstić information content (AvgIpc) is 2.79. The predicted octanol–water partition coefficient (Wildman–Crippen LogP) is 4.41. The van der Waals surface area contributed by atoms with Crippen LogP contribution in [0.3, 0.4) is 0 Å².